The molecule has 0 amide bonds. The Bertz CT molecular complexity index is 706. The van der Waals surface area contributed by atoms with E-state index in [1.807, 2.05) is 24.3 Å². The highest BCUT2D eigenvalue weighted by Gasteiger charge is 2.22. The first-order valence-corrected chi connectivity index (χ1v) is 10.3. The van der Waals surface area contributed by atoms with Gasteiger partial charge >= 0.3 is 15.6 Å². The van der Waals surface area contributed by atoms with E-state index in [0.717, 1.165) is 11.1 Å². The zero-order valence-corrected chi connectivity index (χ0v) is 16.2. The van der Waals surface area contributed by atoms with Crippen LogP contribution in [-0.2, 0) is 14.5 Å². The van der Waals surface area contributed by atoms with Crippen LogP contribution >= 0.6 is 15.6 Å². The first kappa shape index (κ1) is 25.3. The predicted octanol–water partition coefficient (Wildman–Crippen LogP) is 1.57. The van der Waals surface area contributed by atoms with E-state index in [9.17, 15) is 10.2 Å². The molecule has 0 aliphatic rings. The molecule has 0 fully saturated rings. The molecule has 0 heterocycles. The first-order chi connectivity index (χ1) is 12.0. The van der Waals surface area contributed by atoms with Gasteiger partial charge in [-0.1, -0.05) is 38.1 Å². The molecule has 2 rings (SSSR count). The molecule has 0 saturated heterocycles. The van der Waals surface area contributed by atoms with E-state index >= 15 is 0 Å². The number of aromatic hydroxyl groups is 2. The molecule has 0 atom stereocenters. The lowest BCUT2D eigenvalue weighted by Gasteiger charge is -2.26. The molecule has 27 heavy (non-hydrogen) atoms. The van der Waals surface area contributed by atoms with Crippen LogP contribution in [0.4, 0.5) is 0 Å². The number of phenolic OH excluding ortho intramolecular Hbond substituents is 2. The third-order valence-electron chi connectivity index (χ3n) is 3.18. The van der Waals surface area contributed by atoms with Crippen LogP contribution in [0.2, 0.25) is 0 Å². The monoisotopic (exact) mass is 424 g/mol. The molecule has 0 aliphatic heterocycles. The molecule has 0 aliphatic carbocycles. The fraction of sp³-hybridized carbons (Fsp3) is 0.200. The van der Waals surface area contributed by atoms with E-state index in [0.29, 0.717) is 0 Å². The lowest BCUT2D eigenvalue weighted by molar-refractivity contribution is 0.272. The van der Waals surface area contributed by atoms with Gasteiger partial charge in [0.2, 0.25) is 0 Å². The van der Waals surface area contributed by atoms with Crippen LogP contribution in [-0.4, -0.2) is 39.6 Å². The highest BCUT2D eigenvalue weighted by Crippen LogP contribution is 2.33. The van der Waals surface area contributed by atoms with Crippen molar-refractivity contribution in [3.63, 3.8) is 0 Å². The maximum Gasteiger partial charge on any atom is 0.466 e. The molecule has 152 valence electrons. The summed E-state index contributed by atoms with van der Waals surface area (Å²) in [7, 11) is -9.28. The van der Waals surface area contributed by atoms with Crippen molar-refractivity contribution in [3.05, 3.63) is 59.7 Å². The highest BCUT2D eigenvalue weighted by atomic mass is 31.2. The molecule has 2 aromatic rings. The fourth-order valence-corrected chi connectivity index (χ4v) is 1.92. The van der Waals surface area contributed by atoms with Crippen molar-refractivity contribution in [2.24, 2.45) is 0 Å². The number of phenols is 2. The number of hydrogen-bond donors (Lipinski definition) is 8. The van der Waals surface area contributed by atoms with Gasteiger partial charge in [0, 0.05) is 5.41 Å². The minimum atomic E-state index is -4.64. The lowest BCUT2D eigenvalue weighted by atomic mass is 9.78. The van der Waals surface area contributed by atoms with Crippen molar-refractivity contribution >= 4 is 15.6 Å². The first-order valence-electron chi connectivity index (χ1n) is 7.16. The highest BCUT2D eigenvalue weighted by molar-refractivity contribution is 7.45. The third-order valence-corrected chi connectivity index (χ3v) is 3.18. The van der Waals surface area contributed by atoms with E-state index in [4.69, 9.17) is 38.5 Å². The van der Waals surface area contributed by atoms with Gasteiger partial charge in [-0.25, -0.2) is 9.13 Å². The van der Waals surface area contributed by atoms with Gasteiger partial charge in [-0.3, -0.25) is 0 Å². The second kappa shape index (κ2) is 9.98. The van der Waals surface area contributed by atoms with Crippen molar-refractivity contribution < 1.29 is 48.7 Å². The predicted molar refractivity (Wildman–Crippen MR) is 96.9 cm³/mol. The largest absolute Gasteiger partial charge is 0.508 e. The Morgan fingerprint density at radius 1 is 0.593 bits per heavy atom. The topological polar surface area (TPSA) is 196 Å². The smallest absolute Gasteiger partial charge is 0.466 e. The van der Waals surface area contributed by atoms with Crippen molar-refractivity contribution in [2.75, 3.05) is 0 Å². The quantitative estimate of drug-likeness (QED) is 0.328. The zero-order chi connectivity index (χ0) is 21.5. The molecular formula is C15H22O10P2. The van der Waals surface area contributed by atoms with Crippen LogP contribution in [0.1, 0.15) is 25.0 Å². The second-order valence-electron chi connectivity index (χ2n) is 5.75. The summed E-state index contributed by atoms with van der Waals surface area (Å²) >= 11 is 0. The second-order valence-corrected chi connectivity index (χ2v) is 7.80. The number of phosphoric acid groups is 2. The molecule has 10 nitrogen and oxygen atoms in total. The molecule has 8 N–H and O–H groups in total. The number of rotatable bonds is 2. The molecule has 2 aromatic carbocycles. The minimum Gasteiger partial charge on any atom is -0.508 e. The van der Waals surface area contributed by atoms with Crippen LogP contribution in [0.3, 0.4) is 0 Å². The Hall–Kier alpha value is -1.74. The summed E-state index contributed by atoms with van der Waals surface area (Å²) in [5.74, 6) is 0.547. The molecule has 0 radical (unpaired) electrons. The normalized spacial score (nSPS) is 11.6. The van der Waals surface area contributed by atoms with E-state index in [-0.39, 0.29) is 16.9 Å². The molecule has 12 heteroatoms. The summed E-state index contributed by atoms with van der Waals surface area (Å²) in [5, 5.41) is 18.6. The molecule has 0 spiro atoms. The van der Waals surface area contributed by atoms with Crippen molar-refractivity contribution in [1.82, 2.24) is 0 Å². The van der Waals surface area contributed by atoms with Gasteiger partial charge in [0.25, 0.3) is 0 Å². The average molecular weight is 424 g/mol. The van der Waals surface area contributed by atoms with E-state index in [2.05, 4.69) is 13.8 Å². The maximum absolute atomic E-state index is 9.30. The van der Waals surface area contributed by atoms with Gasteiger partial charge in [-0.05, 0) is 35.4 Å². The van der Waals surface area contributed by atoms with Crippen LogP contribution in [0, 0.1) is 0 Å². The summed E-state index contributed by atoms with van der Waals surface area (Å²) in [5.41, 5.74) is 2.10. The van der Waals surface area contributed by atoms with Gasteiger partial charge < -0.3 is 39.6 Å². The van der Waals surface area contributed by atoms with Crippen LogP contribution in [0.15, 0.2) is 48.5 Å². The minimum absolute atomic E-state index is 0.151. The average Bonchev–Trinajstić information content (AvgIpc) is 2.44. The summed E-state index contributed by atoms with van der Waals surface area (Å²) < 4.78 is 17.8. The van der Waals surface area contributed by atoms with Gasteiger partial charge in [0.1, 0.15) is 11.5 Å². The van der Waals surface area contributed by atoms with Gasteiger partial charge in [0.15, 0.2) is 0 Å². The summed E-state index contributed by atoms with van der Waals surface area (Å²) in [4.78, 5) is 43.1. The lowest BCUT2D eigenvalue weighted by Crippen LogP contribution is -2.18. The third kappa shape index (κ3) is 13.1. The van der Waals surface area contributed by atoms with Crippen LogP contribution in [0.5, 0.6) is 11.5 Å². The Labute approximate surface area is 155 Å². The van der Waals surface area contributed by atoms with Gasteiger partial charge in [-0.15, -0.1) is 0 Å². The molecule has 0 saturated carbocycles. The Morgan fingerprint density at radius 3 is 0.963 bits per heavy atom. The van der Waals surface area contributed by atoms with Crippen molar-refractivity contribution in [3.8, 4) is 11.5 Å². The van der Waals surface area contributed by atoms with E-state index in [1.54, 1.807) is 24.3 Å². The van der Waals surface area contributed by atoms with Gasteiger partial charge in [0.05, 0.1) is 0 Å². The van der Waals surface area contributed by atoms with E-state index < -0.39 is 15.6 Å². The fourth-order valence-electron chi connectivity index (χ4n) is 1.92. The zero-order valence-electron chi connectivity index (χ0n) is 14.4. The van der Waals surface area contributed by atoms with E-state index in [1.165, 1.54) is 0 Å². The maximum atomic E-state index is 9.30. The van der Waals surface area contributed by atoms with Crippen molar-refractivity contribution in [1.29, 1.82) is 0 Å². The number of benzene rings is 2. The standard InChI is InChI=1S/C15H16O2.2H3O4P/c1-15(2,11-3-7-13(16)8-4-11)12-5-9-14(17)10-6-12;2*1-5(2,3)4/h3-10,16-17H,1-2H3;2*(H3,1,2,3,4). The SMILES string of the molecule is CC(C)(c1ccc(O)cc1)c1ccc(O)cc1.O=P(O)(O)O.O=P(O)(O)O. The Morgan fingerprint density at radius 2 is 0.778 bits per heavy atom. The van der Waals surface area contributed by atoms with Crippen LogP contribution in [0.25, 0.3) is 0 Å². The Balaban J connectivity index is 0.000000563. The summed E-state index contributed by atoms with van der Waals surface area (Å²) in [6.45, 7) is 4.23. The van der Waals surface area contributed by atoms with Crippen LogP contribution < -0.4 is 0 Å². The molecular weight excluding hydrogens is 402 g/mol. The Kier molecular flexibility index (Phi) is 9.34. The number of hydrogen-bond acceptors (Lipinski definition) is 4. The summed E-state index contributed by atoms with van der Waals surface area (Å²) in [6, 6.07) is 14.4. The summed E-state index contributed by atoms with van der Waals surface area (Å²) in [6.07, 6.45) is 0. The van der Waals surface area contributed by atoms with Gasteiger partial charge in [-0.2, -0.15) is 0 Å². The van der Waals surface area contributed by atoms with Crippen molar-refractivity contribution in [2.45, 2.75) is 19.3 Å². The molecule has 0 bridgehead atoms. The molecule has 0 unspecified atom stereocenters. The molecule has 0 aromatic heterocycles.